The summed E-state index contributed by atoms with van der Waals surface area (Å²) in [5.74, 6) is 11.7. The van der Waals surface area contributed by atoms with Crippen molar-refractivity contribution in [2.24, 2.45) is 11.7 Å². The number of carbonyl (C=O) groups excluding carboxylic acids is 1. The van der Waals surface area contributed by atoms with E-state index in [0.717, 1.165) is 27.6 Å². The van der Waals surface area contributed by atoms with Crippen LogP contribution in [0, 0.1) is 5.82 Å². The van der Waals surface area contributed by atoms with E-state index in [2.05, 4.69) is 4.74 Å². The van der Waals surface area contributed by atoms with E-state index in [1.807, 2.05) is 19.1 Å². The number of hydrogen-bond donors (Lipinski definition) is 2. The van der Waals surface area contributed by atoms with Gasteiger partial charge in [-0.15, -0.1) is 11.8 Å². The Labute approximate surface area is 164 Å². The Hall–Kier alpha value is -2.13. The second kappa shape index (κ2) is 11.6. The van der Waals surface area contributed by atoms with Gasteiger partial charge in [0, 0.05) is 31.9 Å². The number of nitrogens with two attached hydrogens (primary N) is 2. The molecule has 2 aromatic rings. The minimum Gasteiger partial charge on any atom is -0.388 e. The number of aryl methyl sites for hydroxylation is 1. The number of thioether (sulfide) groups is 1. The van der Waals surface area contributed by atoms with Crippen LogP contribution >= 0.6 is 11.8 Å². The summed E-state index contributed by atoms with van der Waals surface area (Å²) in [6.07, 6.45) is 0.779. The number of ether oxygens (including phenoxy) is 1. The van der Waals surface area contributed by atoms with Crippen molar-refractivity contribution in [1.29, 1.82) is 0 Å². The van der Waals surface area contributed by atoms with Crippen molar-refractivity contribution in [3.8, 4) is 0 Å². The van der Waals surface area contributed by atoms with Crippen molar-refractivity contribution in [1.82, 2.24) is 5.01 Å². The highest BCUT2D eigenvalue weighted by Crippen LogP contribution is 2.32. The average Bonchev–Trinajstić information content (AvgIpc) is 2.66. The number of carbonyl (C=O) groups is 1. The van der Waals surface area contributed by atoms with Gasteiger partial charge in [-0.1, -0.05) is 31.2 Å². The number of hydrogen-bond acceptors (Lipinski definition) is 5. The smallest absolute Gasteiger partial charge is 0.352 e. The lowest BCUT2D eigenvalue weighted by atomic mass is 10.0. The fraction of sp³-hybridized carbons (Fsp3) is 0.316. The van der Waals surface area contributed by atoms with Gasteiger partial charge in [0.2, 0.25) is 0 Å². The molecule has 2 amide bonds. The van der Waals surface area contributed by atoms with Gasteiger partial charge in [-0.3, -0.25) is 5.01 Å². The lowest BCUT2D eigenvalue weighted by Gasteiger charge is -2.24. The summed E-state index contributed by atoms with van der Waals surface area (Å²) in [7, 11) is 4.68. The highest BCUT2D eigenvalue weighted by Gasteiger charge is 2.19. The number of benzene rings is 2. The summed E-state index contributed by atoms with van der Waals surface area (Å²) >= 11 is 1.37. The average molecular weight is 395 g/mol. The molecule has 8 heteroatoms. The van der Waals surface area contributed by atoms with Crippen LogP contribution in [0.2, 0.25) is 0 Å². The van der Waals surface area contributed by atoms with Crippen LogP contribution < -0.4 is 16.7 Å². The van der Waals surface area contributed by atoms with E-state index in [1.54, 1.807) is 38.5 Å². The highest BCUT2D eigenvalue weighted by molar-refractivity contribution is 7.98. The number of nitrogens with zero attached hydrogens (tertiary/aromatic N) is 2. The van der Waals surface area contributed by atoms with Crippen LogP contribution in [-0.4, -0.2) is 32.3 Å². The van der Waals surface area contributed by atoms with Crippen molar-refractivity contribution < 1.29 is 13.9 Å². The van der Waals surface area contributed by atoms with E-state index in [0.29, 0.717) is 16.3 Å². The third-order valence-corrected chi connectivity index (χ3v) is 4.68. The number of methoxy groups -OCH3 is 1. The molecule has 148 valence electrons. The molecule has 0 bridgehead atoms. The van der Waals surface area contributed by atoms with E-state index < -0.39 is 6.03 Å². The summed E-state index contributed by atoms with van der Waals surface area (Å²) in [5, 5.41) is 1.95. The molecule has 0 saturated carbocycles. The van der Waals surface area contributed by atoms with Crippen molar-refractivity contribution in [2.45, 2.75) is 24.0 Å². The molecular formula is C19H27FN4O2S. The van der Waals surface area contributed by atoms with E-state index >= 15 is 0 Å². The molecule has 2 aromatic carbocycles. The van der Waals surface area contributed by atoms with Crippen molar-refractivity contribution in [3.05, 3.63) is 59.4 Å². The molecule has 0 atom stereocenters. The summed E-state index contributed by atoms with van der Waals surface area (Å²) < 4.78 is 18.1. The first-order valence-electron chi connectivity index (χ1n) is 8.32. The Bertz CT molecular complexity index is 743. The van der Waals surface area contributed by atoms with Crippen LogP contribution in [0.15, 0.2) is 47.4 Å². The molecule has 0 saturated heterocycles. The van der Waals surface area contributed by atoms with Crippen molar-refractivity contribution >= 4 is 23.5 Å². The highest BCUT2D eigenvalue weighted by atomic mass is 32.2. The quantitative estimate of drug-likeness (QED) is 0.351. The fourth-order valence-corrected chi connectivity index (χ4v) is 3.34. The monoisotopic (exact) mass is 394 g/mol. The summed E-state index contributed by atoms with van der Waals surface area (Å²) in [5.41, 5.74) is 2.52. The predicted octanol–water partition coefficient (Wildman–Crippen LogP) is 3.55. The Morgan fingerprint density at radius 2 is 1.78 bits per heavy atom. The lowest BCUT2D eigenvalue weighted by molar-refractivity contribution is 0.216. The maximum atomic E-state index is 13.8. The van der Waals surface area contributed by atoms with E-state index in [1.165, 1.54) is 24.9 Å². The predicted molar refractivity (Wildman–Crippen MR) is 109 cm³/mol. The number of amides is 2. The van der Waals surface area contributed by atoms with Crippen LogP contribution in [0.1, 0.15) is 18.1 Å². The molecule has 0 spiro atoms. The molecule has 0 aromatic heterocycles. The van der Waals surface area contributed by atoms with Crippen LogP contribution in [0.3, 0.4) is 0 Å². The first kappa shape index (κ1) is 22.9. The van der Waals surface area contributed by atoms with Crippen molar-refractivity contribution in [2.75, 3.05) is 26.3 Å². The van der Waals surface area contributed by atoms with Gasteiger partial charge in [0.1, 0.15) is 5.82 Å². The molecule has 4 N–H and O–H groups in total. The van der Waals surface area contributed by atoms with Gasteiger partial charge >= 0.3 is 6.03 Å². The van der Waals surface area contributed by atoms with Gasteiger partial charge in [-0.25, -0.2) is 25.9 Å². The standard InChI is InChI=1S/C17H21FN4OS.C2H6O/c1-3-12-7-6-9-15(22(20)17(23)21(2)19)13(12)11-24-16-10-5-4-8-14(16)18;1-3-2/h4-10H,3,11,19-20H2,1-2H3;1-2H3. The van der Waals surface area contributed by atoms with Gasteiger partial charge < -0.3 is 4.74 Å². The zero-order chi connectivity index (χ0) is 20.4. The first-order chi connectivity index (χ1) is 12.9. The van der Waals surface area contributed by atoms with E-state index in [9.17, 15) is 9.18 Å². The molecule has 0 fully saturated rings. The zero-order valence-corrected chi connectivity index (χ0v) is 16.9. The molecule has 0 unspecified atom stereocenters. The topological polar surface area (TPSA) is 84.8 Å². The molecule has 0 aliphatic carbocycles. The van der Waals surface area contributed by atoms with E-state index in [4.69, 9.17) is 11.7 Å². The molecule has 2 rings (SSSR count). The van der Waals surface area contributed by atoms with Gasteiger partial charge in [0.05, 0.1) is 5.69 Å². The zero-order valence-electron chi connectivity index (χ0n) is 16.1. The third kappa shape index (κ3) is 6.51. The van der Waals surface area contributed by atoms with Gasteiger partial charge in [-0.2, -0.15) is 0 Å². The third-order valence-electron chi connectivity index (χ3n) is 3.61. The van der Waals surface area contributed by atoms with Crippen molar-refractivity contribution in [3.63, 3.8) is 0 Å². The molecule has 0 radical (unpaired) electrons. The van der Waals surface area contributed by atoms with Gasteiger partial charge in [0.25, 0.3) is 0 Å². The van der Waals surface area contributed by atoms with Crippen LogP contribution in [0.5, 0.6) is 0 Å². The summed E-state index contributed by atoms with van der Waals surface area (Å²) in [6.45, 7) is 2.02. The van der Waals surface area contributed by atoms with E-state index in [-0.39, 0.29) is 5.82 Å². The SMILES string of the molecule is CCc1cccc(N(N)C(=O)N(C)N)c1CSc1ccccc1F.COC. The first-order valence-corrected chi connectivity index (χ1v) is 9.31. The molecule has 6 nitrogen and oxygen atoms in total. The minimum absolute atomic E-state index is 0.264. The molecular weight excluding hydrogens is 367 g/mol. The lowest BCUT2D eigenvalue weighted by Crippen LogP contribution is -2.49. The van der Waals surface area contributed by atoms with Crippen LogP contribution in [0.25, 0.3) is 0 Å². The maximum Gasteiger partial charge on any atom is 0.352 e. The number of anilines is 1. The van der Waals surface area contributed by atoms with Crippen LogP contribution in [-0.2, 0) is 16.9 Å². The molecule has 27 heavy (non-hydrogen) atoms. The molecule has 0 aliphatic heterocycles. The Kier molecular flexibility index (Phi) is 9.81. The summed E-state index contributed by atoms with van der Waals surface area (Å²) in [6, 6.07) is 11.7. The second-order valence-corrected chi connectivity index (χ2v) is 6.68. The number of hydrazine groups is 2. The fourth-order valence-electron chi connectivity index (χ4n) is 2.33. The second-order valence-electron chi connectivity index (χ2n) is 5.66. The Balaban J connectivity index is 0.00000114. The number of rotatable bonds is 5. The number of urea groups is 1. The maximum absolute atomic E-state index is 13.8. The van der Waals surface area contributed by atoms with Crippen LogP contribution in [0.4, 0.5) is 14.9 Å². The number of halogens is 1. The molecule has 0 aliphatic rings. The van der Waals surface area contributed by atoms with Gasteiger partial charge in [-0.05, 0) is 35.7 Å². The largest absolute Gasteiger partial charge is 0.388 e. The Morgan fingerprint density at radius 1 is 1.15 bits per heavy atom. The van der Waals surface area contributed by atoms with Gasteiger partial charge in [0.15, 0.2) is 0 Å². The summed E-state index contributed by atoms with van der Waals surface area (Å²) in [4.78, 5) is 12.6. The normalized spacial score (nSPS) is 10.0. The molecule has 0 heterocycles. The Morgan fingerprint density at radius 3 is 2.33 bits per heavy atom. The minimum atomic E-state index is -0.527.